The Labute approximate surface area is 176 Å². The van der Waals surface area contributed by atoms with E-state index < -0.39 is 10.4 Å². The minimum Gasteiger partial charge on any atom is -0.592 e. The van der Waals surface area contributed by atoms with Gasteiger partial charge in [0.1, 0.15) is 5.75 Å². The summed E-state index contributed by atoms with van der Waals surface area (Å²) in [5.41, 5.74) is 3.41. The van der Waals surface area contributed by atoms with E-state index in [1.165, 1.54) is 16.9 Å². The molecule has 1 aliphatic rings. The summed E-state index contributed by atoms with van der Waals surface area (Å²) in [5.74, 6) is 0.862. The van der Waals surface area contributed by atoms with Gasteiger partial charge in [0.25, 0.3) is 0 Å². The highest BCUT2D eigenvalue weighted by Gasteiger charge is 2.31. The van der Waals surface area contributed by atoms with Crippen LogP contribution in [0.2, 0.25) is 0 Å². The first-order valence-electron chi connectivity index (χ1n) is 9.56. The highest BCUT2D eigenvalue weighted by Crippen LogP contribution is 2.30. The fraction of sp³-hybridized carbons (Fsp3) is 0.273. The van der Waals surface area contributed by atoms with Crippen LogP contribution in [0.1, 0.15) is 12.0 Å². The zero-order valence-electron chi connectivity index (χ0n) is 16.2. The van der Waals surface area contributed by atoms with Gasteiger partial charge in [-0.05, 0) is 35.1 Å². The van der Waals surface area contributed by atoms with Crippen LogP contribution in [0.3, 0.4) is 0 Å². The van der Waals surface area contributed by atoms with Crippen LogP contribution in [0, 0.1) is 0 Å². The third-order valence-electron chi connectivity index (χ3n) is 5.13. The van der Waals surface area contributed by atoms with Gasteiger partial charge >= 0.3 is 0 Å². The Kier molecular flexibility index (Phi) is 6.12. The van der Waals surface area contributed by atoms with Gasteiger partial charge in [0.15, 0.2) is 10.4 Å². The van der Waals surface area contributed by atoms with Crippen LogP contribution in [0.15, 0.2) is 70.3 Å². The van der Waals surface area contributed by atoms with E-state index in [1.54, 1.807) is 24.6 Å². The summed E-state index contributed by atoms with van der Waals surface area (Å²) in [5, 5.41) is 1.78. The Morgan fingerprint density at radius 1 is 1.17 bits per heavy atom. The second kappa shape index (κ2) is 8.77. The summed E-state index contributed by atoms with van der Waals surface area (Å²) in [4.78, 5) is 2.29. The number of hydrogen-bond donors (Lipinski definition) is 1. The highest BCUT2D eigenvalue weighted by atomic mass is 32.3. The number of likely N-dealkylation sites (tertiary alicyclic amines) is 1. The number of nitrogens with zero attached hydrogens (tertiary/aromatic N) is 1. The van der Waals surface area contributed by atoms with Crippen molar-refractivity contribution in [1.82, 2.24) is 9.62 Å². The number of thiophene rings is 1. The number of nitrogens with one attached hydrogen (secondary N) is 1. The largest absolute Gasteiger partial charge is 0.592 e. The van der Waals surface area contributed by atoms with Crippen LogP contribution in [-0.4, -0.2) is 35.7 Å². The molecule has 29 heavy (non-hydrogen) atoms. The number of ether oxygens (including phenoxy) is 1. The van der Waals surface area contributed by atoms with Crippen LogP contribution >= 0.6 is 11.3 Å². The number of methoxy groups -OCH3 is 1. The maximum absolute atomic E-state index is 12.4. The molecular formula is C22H24N2O3S2. The van der Waals surface area contributed by atoms with Gasteiger partial charge in [0, 0.05) is 31.3 Å². The first-order valence-corrected chi connectivity index (χ1v) is 11.9. The molecule has 2 atom stereocenters. The van der Waals surface area contributed by atoms with Crippen LogP contribution in [0.5, 0.6) is 5.75 Å². The molecular weight excluding hydrogens is 404 g/mol. The van der Waals surface area contributed by atoms with Gasteiger partial charge in [-0.1, -0.05) is 58.0 Å². The lowest BCUT2D eigenvalue weighted by Crippen LogP contribution is -2.40. The standard InChI is InChI=1S/C22H24N2O3S2/c1-27-21-6-3-2-5-20(21)18-10-8-17(9-11-18)15-24-13-12-19(16-24)23-29(25,26)22-7-4-14-28-22/h2-11,14,19H,12-13,15-16H2,1H3,(H-,23,25,26). The van der Waals surface area contributed by atoms with Crippen LogP contribution in [0.25, 0.3) is 11.1 Å². The molecule has 0 radical (unpaired) electrons. The smallest absolute Gasteiger partial charge is 0.228 e. The number of hydrogen-bond acceptors (Lipinski definition) is 5. The van der Waals surface area contributed by atoms with Gasteiger partial charge in [-0.2, -0.15) is 0 Å². The van der Waals surface area contributed by atoms with Crippen molar-refractivity contribution in [3.8, 4) is 16.9 Å². The first-order chi connectivity index (χ1) is 14.0. The molecule has 5 nitrogen and oxygen atoms in total. The van der Waals surface area contributed by atoms with Gasteiger partial charge < -0.3 is 9.29 Å². The molecule has 0 spiro atoms. The lowest BCUT2D eigenvalue weighted by Gasteiger charge is -2.19. The molecule has 0 bridgehead atoms. The lowest BCUT2D eigenvalue weighted by molar-refractivity contribution is 0.323. The molecule has 1 fully saturated rings. The molecule has 1 aliphatic heterocycles. The van der Waals surface area contributed by atoms with E-state index in [1.807, 2.05) is 18.2 Å². The third kappa shape index (κ3) is 4.76. The van der Waals surface area contributed by atoms with E-state index >= 15 is 0 Å². The van der Waals surface area contributed by atoms with Gasteiger partial charge in [-0.25, -0.2) is 0 Å². The van der Waals surface area contributed by atoms with Crippen molar-refractivity contribution < 1.29 is 13.5 Å². The zero-order valence-corrected chi connectivity index (χ0v) is 17.9. The van der Waals surface area contributed by atoms with Crippen molar-refractivity contribution in [1.29, 1.82) is 0 Å². The average molecular weight is 429 g/mol. The Morgan fingerprint density at radius 2 is 1.97 bits per heavy atom. The fourth-order valence-electron chi connectivity index (χ4n) is 3.70. The van der Waals surface area contributed by atoms with Gasteiger partial charge in [-0.15, -0.1) is 4.72 Å². The summed E-state index contributed by atoms with van der Waals surface area (Å²) in [6.45, 7) is 2.41. The van der Waals surface area contributed by atoms with E-state index in [-0.39, 0.29) is 6.04 Å². The van der Waals surface area contributed by atoms with Crippen molar-refractivity contribution in [3.63, 3.8) is 0 Å². The van der Waals surface area contributed by atoms with E-state index in [0.717, 1.165) is 42.9 Å². The highest BCUT2D eigenvalue weighted by molar-refractivity contribution is 7.97. The topological polar surface area (TPSA) is 64.6 Å². The summed E-state index contributed by atoms with van der Waals surface area (Å²) >= 11 is 1.25. The minimum atomic E-state index is -3.41. The molecule has 0 aliphatic carbocycles. The predicted molar refractivity (Wildman–Crippen MR) is 117 cm³/mol. The van der Waals surface area contributed by atoms with Gasteiger partial charge in [0.2, 0.25) is 4.21 Å². The summed E-state index contributed by atoms with van der Waals surface area (Å²) in [6, 6.07) is 19.8. The summed E-state index contributed by atoms with van der Waals surface area (Å²) in [7, 11) is -1.73. The van der Waals surface area contributed by atoms with Crippen LogP contribution in [-0.2, 0) is 21.2 Å². The monoisotopic (exact) mass is 428 g/mol. The molecule has 2 aromatic carbocycles. The number of sulfonamides is 1. The number of rotatable bonds is 7. The minimum absolute atomic E-state index is 0.0463. The SMILES string of the molecule is COc1ccccc1-c1ccc(CN2CCC(N[S+](=O)([O-])c3cccs3)C2)cc1. The van der Waals surface area contributed by atoms with Crippen molar-refractivity contribution in [3.05, 3.63) is 71.6 Å². The second-order valence-electron chi connectivity index (χ2n) is 7.17. The lowest BCUT2D eigenvalue weighted by atomic mass is 10.0. The van der Waals surface area contributed by atoms with Gasteiger partial charge in [-0.3, -0.25) is 4.90 Å². The molecule has 7 heteroatoms. The molecule has 2 unspecified atom stereocenters. The molecule has 4 rings (SSSR count). The average Bonchev–Trinajstić information content (AvgIpc) is 3.41. The summed E-state index contributed by atoms with van der Waals surface area (Å²) in [6.07, 6.45) is 0.823. The molecule has 2 heterocycles. The Balaban J connectivity index is 1.36. The quantitative estimate of drug-likeness (QED) is 0.573. The molecule has 152 valence electrons. The Hall–Kier alpha value is -2.03. The van der Waals surface area contributed by atoms with Crippen LogP contribution < -0.4 is 9.46 Å². The number of para-hydroxylation sites is 1. The summed E-state index contributed by atoms with van der Waals surface area (Å²) < 4.78 is 33.5. The van der Waals surface area contributed by atoms with E-state index in [4.69, 9.17) is 4.74 Å². The normalized spacial score (nSPS) is 19.2. The maximum atomic E-state index is 12.4. The molecule has 1 saturated heterocycles. The molecule has 1 aromatic heterocycles. The van der Waals surface area contributed by atoms with Crippen molar-refractivity contribution in [2.24, 2.45) is 0 Å². The van der Waals surface area contributed by atoms with Crippen molar-refractivity contribution in [2.75, 3.05) is 20.2 Å². The van der Waals surface area contributed by atoms with Crippen molar-refractivity contribution in [2.45, 2.75) is 23.2 Å². The molecule has 0 amide bonds. The molecule has 3 aromatic rings. The van der Waals surface area contributed by atoms with E-state index in [2.05, 4.69) is 40.0 Å². The van der Waals surface area contributed by atoms with Gasteiger partial charge in [0.05, 0.1) is 13.2 Å². The zero-order chi connectivity index (χ0) is 20.3. The number of benzene rings is 2. The second-order valence-corrected chi connectivity index (χ2v) is 10.1. The Morgan fingerprint density at radius 3 is 2.69 bits per heavy atom. The van der Waals surface area contributed by atoms with E-state index in [0.29, 0.717) is 4.21 Å². The maximum Gasteiger partial charge on any atom is 0.228 e. The third-order valence-corrected chi connectivity index (χ3v) is 8.05. The van der Waals surface area contributed by atoms with E-state index in [9.17, 15) is 8.76 Å². The fourth-order valence-corrected chi connectivity index (χ4v) is 5.97. The Bertz CT molecular complexity index is 990. The first kappa shape index (κ1) is 20.3. The molecule has 1 N–H and O–H groups in total. The van der Waals surface area contributed by atoms with Crippen LogP contribution in [0.4, 0.5) is 0 Å². The van der Waals surface area contributed by atoms with Crippen molar-refractivity contribution >= 4 is 21.7 Å². The molecule has 0 saturated carbocycles. The predicted octanol–water partition coefficient (Wildman–Crippen LogP) is 4.19.